The molecule has 114 valence electrons. The third kappa shape index (κ3) is 3.99. The molecule has 2 aromatic rings. The largest absolute Gasteiger partial charge is 0.481 e. The quantitative estimate of drug-likeness (QED) is 0.780. The number of thioether (sulfide) groups is 1. The molecule has 0 bridgehead atoms. The second kappa shape index (κ2) is 7.29. The Morgan fingerprint density at radius 2 is 2.29 bits per heavy atom. The molecule has 1 aromatic carbocycles. The molecule has 0 fully saturated rings. The van der Waals surface area contributed by atoms with Crippen molar-refractivity contribution in [2.24, 2.45) is 0 Å². The van der Waals surface area contributed by atoms with Crippen molar-refractivity contribution in [1.82, 2.24) is 9.55 Å². The molecule has 1 unspecified atom stereocenters. The van der Waals surface area contributed by atoms with E-state index in [1.807, 2.05) is 17.6 Å². The summed E-state index contributed by atoms with van der Waals surface area (Å²) in [6.45, 7) is 2.37. The molecule has 0 spiro atoms. The lowest BCUT2D eigenvalue weighted by atomic mass is 10.3. The van der Waals surface area contributed by atoms with Gasteiger partial charge >= 0.3 is 5.97 Å². The van der Waals surface area contributed by atoms with Crippen molar-refractivity contribution < 1.29 is 14.1 Å². The number of carboxylic acids is 1. The monoisotopic (exact) mass is 346 g/mol. The summed E-state index contributed by atoms with van der Waals surface area (Å²) in [7, 11) is -0.899. The van der Waals surface area contributed by atoms with E-state index >= 15 is 0 Å². The van der Waals surface area contributed by atoms with Gasteiger partial charge in [0, 0.05) is 28.9 Å². The molecule has 5 nitrogen and oxygen atoms in total. The summed E-state index contributed by atoms with van der Waals surface area (Å²) in [6.07, 6.45) is 0. The maximum Gasteiger partial charge on any atom is 0.313 e. The number of carboxylic acid groups (broad SMARTS) is 1. The van der Waals surface area contributed by atoms with E-state index in [2.05, 4.69) is 4.98 Å². The van der Waals surface area contributed by atoms with Crippen LogP contribution in [-0.2, 0) is 22.1 Å². The van der Waals surface area contributed by atoms with Crippen molar-refractivity contribution >= 4 is 51.2 Å². The average molecular weight is 347 g/mol. The van der Waals surface area contributed by atoms with Gasteiger partial charge in [-0.05, 0) is 12.1 Å². The summed E-state index contributed by atoms with van der Waals surface area (Å²) in [5.41, 5.74) is 1.48. The number of hydrogen-bond donors (Lipinski definition) is 1. The first-order valence-electron chi connectivity index (χ1n) is 6.37. The number of hydrogen-bond acceptors (Lipinski definition) is 4. The zero-order valence-corrected chi connectivity index (χ0v) is 13.8. The zero-order chi connectivity index (χ0) is 15.4. The number of fused-ring (bicyclic) bond motifs is 1. The van der Waals surface area contributed by atoms with E-state index in [0.29, 0.717) is 28.2 Å². The van der Waals surface area contributed by atoms with Gasteiger partial charge in [0.2, 0.25) is 0 Å². The van der Waals surface area contributed by atoms with Crippen LogP contribution in [0.2, 0.25) is 5.02 Å². The number of rotatable bonds is 7. The van der Waals surface area contributed by atoms with Gasteiger partial charge in [0.05, 0.1) is 21.8 Å². The minimum atomic E-state index is -0.901. The molecule has 0 amide bonds. The Morgan fingerprint density at radius 3 is 2.95 bits per heavy atom. The minimum absolute atomic E-state index is 0.0716. The number of aromatic nitrogens is 2. The first-order valence-corrected chi connectivity index (χ1v) is 9.22. The number of benzene rings is 1. The summed E-state index contributed by atoms with van der Waals surface area (Å²) >= 11 is 7.37. The predicted molar refractivity (Wildman–Crippen MR) is 86.7 cm³/mol. The number of imidazole rings is 1. The van der Waals surface area contributed by atoms with Crippen LogP contribution in [0.25, 0.3) is 11.0 Å². The van der Waals surface area contributed by atoms with Crippen molar-refractivity contribution in [1.29, 1.82) is 0 Å². The number of aryl methyl sites for hydroxylation is 1. The highest BCUT2D eigenvalue weighted by Gasteiger charge is 2.15. The first-order chi connectivity index (χ1) is 10.0. The minimum Gasteiger partial charge on any atom is -0.481 e. The zero-order valence-electron chi connectivity index (χ0n) is 11.4. The second-order valence-electron chi connectivity index (χ2n) is 4.27. The van der Waals surface area contributed by atoms with E-state index in [1.54, 1.807) is 12.1 Å². The lowest BCUT2D eigenvalue weighted by Gasteiger charge is -2.08. The molecular formula is C13H15ClN2O3S2. The molecule has 0 saturated heterocycles. The highest BCUT2D eigenvalue weighted by atomic mass is 35.5. The van der Waals surface area contributed by atoms with Crippen LogP contribution in [0, 0.1) is 0 Å². The maximum atomic E-state index is 11.6. The van der Waals surface area contributed by atoms with Crippen molar-refractivity contribution in [3.05, 3.63) is 23.2 Å². The van der Waals surface area contributed by atoms with Gasteiger partial charge in [-0.3, -0.25) is 9.00 Å². The Balaban J connectivity index is 2.38. The van der Waals surface area contributed by atoms with Crippen LogP contribution < -0.4 is 0 Å². The number of para-hydroxylation sites is 1. The molecule has 1 aromatic heterocycles. The molecule has 0 radical (unpaired) electrons. The summed E-state index contributed by atoms with van der Waals surface area (Å²) < 4.78 is 13.5. The van der Waals surface area contributed by atoms with Gasteiger partial charge < -0.3 is 9.67 Å². The molecule has 8 heteroatoms. The predicted octanol–water partition coefficient (Wildman–Crippen LogP) is 2.64. The van der Waals surface area contributed by atoms with Crippen LogP contribution >= 0.6 is 23.4 Å². The van der Waals surface area contributed by atoms with Crippen LogP contribution in [0.3, 0.4) is 0 Å². The summed E-state index contributed by atoms with van der Waals surface area (Å²) in [5.74, 6) is 0.116. The fourth-order valence-corrected chi connectivity index (χ4v) is 3.60. The van der Waals surface area contributed by atoms with E-state index in [4.69, 9.17) is 16.7 Å². The molecule has 0 aliphatic rings. The molecule has 1 atom stereocenters. The van der Waals surface area contributed by atoms with E-state index in [0.717, 1.165) is 22.8 Å². The van der Waals surface area contributed by atoms with Gasteiger partial charge in [0.25, 0.3) is 0 Å². The van der Waals surface area contributed by atoms with Gasteiger partial charge in [-0.1, -0.05) is 36.4 Å². The van der Waals surface area contributed by atoms with Gasteiger partial charge in [0.1, 0.15) is 0 Å². The Kier molecular flexibility index (Phi) is 5.66. The average Bonchev–Trinajstić information content (AvgIpc) is 2.81. The molecule has 0 aliphatic heterocycles. The smallest absolute Gasteiger partial charge is 0.313 e. The first kappa shape index (κ1) is 16.3. The maximum absolute atomic E-state index is 11.6. The Hall–Kier alpha value is -1.05. The third-order valence-corrected chi connectivity index (χ3v) is 5.42. The third-order valence-electron chi connectivity index (χ3n) is 2.87. The molecule has 2 rings (SSSR count). The lowest BCUT2D eigenvalue weighted by Crippen LogP contribution is -2.10. The number of nitrogens with zero attached hydrogens (tertiary/aromatic N) is 2. The molecule has 21 heavy (non-hydrogen) atoms. The molecule has 0 aliphatic carbocycles. The van der Waals surface area contributed by atoms with Crippen LogP contribution in [-0.4, -0.2) is 42.1 Å². The lowest BCUT2D eigenvalue weighted by molar-refractivity contribution is -0.133. The standard InChI is InChI=1S/C13H15ClN2O3S2/c1-2-21(19)7-6-16-12-9(14)4-3-5-10(12)15-13(16)20-8-11(17)18/h3-5H,2,6-8H2,1H3,(H,17,18). The van der Waals surface area contributed by atoms with Crippen molar-refractivity contribution in [2.45, 2.75) is 18.6 Å². The highest BCUT2D eigenvalue weighted by molar-refractivity contribution is 7.99. The number of aliphatic carboxylic acids is 1. The van der Waals surface area contributed by atoms with E-state index < -0.39 is 16.8 Å². The van der Waals surface area contributed by atoms with E-state index in [-0.39, 0.29) is 5.75 Å². The van der Waals surface area contributed by atoms with Gasteiger partial charge in [-0.2, -0.15) is 0 Å². The molecule has 1 N–H and O–H groups in total. The van der Waals surface area contributed by atoms with Gasteiger partial charge in [-0.25, -0.2) is 4.98 Å². The Bertz CT molecular complexity index is 687. The van der Waals surface area contributed by atoms with Crippen molar-refractivity contribution in [3.63, 3.8) is 0 Å². The topological polar surface area (TPSA) is 72.2 Å². The summed E-state index contributed by atoms with van der Waals surface area (Å²) in [6, 6.07) is 5.40. The summed E-state index contributed by atoms with van der Waals surface area (Å²) in [5, 5.41) is 9.97. The molecule has 1 heterocycles. The van der Waals surface area contributed by atoms with Gasteiger partial charge in [-0.15, -0.1) is 0 Å². The number of carbonyl (C=O) groups is 1. The Labute approximate surface area is 134 Å². The van der Waals surface area contributed by atoms with E-state index in [1.165, 1.54) is 0 Å². The van der Waals surface area contributed by atoms with Crippen LogP contribution in [0.4, 0.5) is 0 Å². The van der Waals surface area contributed by atoms with E-state index in [9.17, 15) is 9.00 Å². The van der Waals surface area contributed by atoms with Gasteiger partial charge in [0.15, 0.2) is 5.16 Å². The molecular weight excluding hydrogens is 332 g/mol. The fourth-order valence-electron chi connectivity index (χ4n) is 1.90. The SMILES string of the molecule is CCS(=O)CCn1c(SCC(=O)O)nc2cccc(Cl)c21. The molecule has 0 saturated carbocycles. The Morgan fingerprint density at radius 1 is 1.52 bits per heavy atom. The number of halogens is 1. The van der Waals surface area contributed by atoms with Crippen molar-refractivity contribution in [2.75, 3.05) is 17.3 Å². The van der Waals surface area contributed by atoms with Crippen LogP contribution in [0.5, 0.6) is 0 Å². The highest BCUT2D eigenvalue weighted by Crippen LogP contribution is 2.29. The second-order valence-corrected chi connectivity index (χ2v) is 7.48. The fraction of sp³-hybridized carbons (Fsp3) is 0.385. The van der Waals surface area contributed by atoms with Crippen LogP contribution in [0.15, 0.2) is 23.4 Å². The van der Waals surface area contributed by atoms with Crippen LogP contribution in [0.1, 0.15) is 6.92 Å². The van der Waals surface area contributed by atoms with Crippen molar-refractivity contribution in [3.8, 4) is 0 Å². The normalized spacial score (nSPS) is 12.7. The summed E-state index contributed by atoms with van der Waals surface area (Å²) in [4.78, 5) is 15.2.